The second kappa shape index (κ2) is 5.86. The van der Waals surface area contributed by atoms with Gasteiger partial charge in [0.1, 0.15) is 9.92 Å². The monoisotopic (exact) mass is 241 g/mol. The first-order valence-corrected chi connectivity index (χ1v) is 6.97. The van der Waals surface area contributed by atoms with Gasteiger partial charge in [-0.3, -0.25) is 0 Å². The molecule has 0 saturated carbocycles. The lowest BCUT2D eigenvalue weighted by molar-refractivity contribution is 0.663. The Kier molecular flexibility index (Phi) is 4.76. The molecule has 4 nitrogen and oxygen atoms in total. The molecule has 16 heavy (non-hydrogen) atoms. The fraction of sp³-hybridized carbons (Fsp3) is 0.455. The number of rotatable bonds is 5. The zero-order chi connectivity index (χ0) is 12.0. The van der Waals surface area contributed by atoms with E-state index in [1.165, 1.54) is 0 Å². The highest BCUT2D eigenvalue weighted by Gasteiger charge is 2.10. The van der Waals surface area contributed by atoms with Gasteiger partial charge in [-0.2, -0.15) is 0 Å². The Balaban J connectivity index is 3.16. The minimum atomic E-state index is -2.51. The van der Waals surface area contributed by atoms with E-state index in [0.717, 1.165) is 6.42 Å². The molecule has 1 rings (SSSR count). The van der Waals surface area contributed by atoms with Crippen molar-refractivity contribution in [2.75, 3.05) is 18.8 Å². The summed E-state index contributed by atoms with van der Waals surface area (Å²) in [5.41, 5.74) is 6.29. The lowest BCUT2D eigenvalue weighted by Crippen LogP contribution is -2.23. The molecule has 0 amide bonds. The zero-order valence-electron chi connectivity index (χ0n) is 9.77. The molecule has 0 aliphatic heterocycles. The van der Waals surface area contributed by atoms with Crippen LogP contribution in [0.4, 0.5) is 5.69 Å². The van der Waals surface area contributed by atoms with E-state index in [2.05, 4.69) is 9.08 Å². The summed E-state index contributed by atoms with van der Waals surface area (Å²) in [5.74, 6) is 0. The van der Waals surface area contributed by atoms with Crippen LogP contribution in [-0.2, 0) is 9.92 Å². The Morgan fingerprint density at radius 3 is 2.75 bits per heavy atom. The molecule has 0 saturated heterocycles. The predicted octanol–water partition coefficient (Wildman–Crippen LogP) is 2.03. The molecule has 0 spiro atoms. The first-order valence-electron chi connectivity index (χ1n) is 5.45. The van der Waals surface area contributed by atoms with Crippen LogP contribution in [0.15, 0.2) is 33.5 Å². The first kappa shape index (κ1) is 13.0. The van der Waals surface area contributed by atoms with E-state index in [1.54, 1.807) is 24.3 Å². The van der Waals surface area contributed by atoms with Gasteiger partial charge in [-0.25, -0.2) is 13.3 Å². The number of nitrogen functional groups attached to an aromatic ring is 1. The van der Waals surface area contributed by atoms with Gasteiger partial charge >= 0.3 is 0 Å². The van der Waals surface area contributed by atoms with Crippen LogP contribution in [0.1, 0.15) is 20.3 Å². The molecule has 1 unspecified atom stereocenters. The van der Waals surface area contributed by atoms with E-state index in [0.29, 0.717) is 23.7 Å². The topological polar surface area (TPSA) is 67.5 Å². The van der Waals surface area contributed by atoms with Crippen molar-refractivity contribution in [2.45, 2.75) is 25.2 Å². The fourth-order valence-corrected chi connectivity index (χ4v) is 3.10. The largest absolute Gasteiger partial charge is 0.399 e. The van der Waals surface area contributed by atoms with Crippen LogP contribution in [0.5, 0.6) is 0 Å². The quantitative estimate of drug-likeness (QED) is 0.774. The number of hydrogen-bond donors (Lipinski definition) is 2. The molecule has 0 heterocycles. The third-order valence-electron chi connectivity index (χ3n) is 2.01. The van der Waals surface area contributed by atoms with E-state index < -0.39 is 9.92 Å². The molecule has 1 atom stereocenters. The fourth-order valence-electron chi connectivity index (χ4n) is 1.31. The second-order valence-corrected chi connectivity index (χ2v) is 5.52. The van der Waals surface area contributed by atoms with E-state index >= 15 is 0 Å². The van der Waals surface area contributed by atoms with Gasteiger partial charge in [0, 0.05) is 18.8 Å². The molecule has 1 aromatic carbocycles. The predicted molar refractivity (Wildman–Crippen MR) is 68.5 cm³/mol. The molecule has 1 aromatic rings. The van der Waals surface area contributed by atoms with Crippen molar-refractivity contribution in [3.8, 4) is 0 Å². The molecule has 0 aliphatic rings. The minimum absolute atomic E-state index is 0.584. The number of nitrogens with two attached hydrogens (primary N) is 1. The lowest BCUT2D eigenvalue weighted by atomic mass is 10.3. The Bertz CT molecular complexity index is 450. The molecule has 90 valence electrons. The third-order valence-corrected chi connectivity index (χ3v) is 4.13. The van der Waals surface area contributed by atoms with Crippen molar-refractivity contribution in [2.24, 2.45) is 4.36 Å². The van der Waals surface area contributed by atoms with Gasteiger partial charge in [0.25, 0.3) is 0 Å². The molecular weight excluding hydrogens is 222 g/mol. The van der Waals surface area contributed by atoms with Gasteiger partial charge in [-0.1, -0.05) is 19.9 Å². The van der Waals surface area contributed by atoms with Crippen molar-refractivity contribution >= 4 is 15.6 Å². The average molecular weight is 241 g/mol. The Morgan fingerprint density at radius 2 is 2.19 bits per heavy atom. The van der Waals surface area contributed by atoms with Crippen LogP contribution in [0, 0.1) is 0 Å². The van der Waals surface area contributed by atoms with Crippen LogP contribution in [0.25, 0.3) is 0 Å². The summed E-state index contributed by atoms with van der Waals surface area (Å²) in [6, 6.07) is 7.07. The second-order valence-electron chi connectivity index (χ2n) is 3.45. The van der Waals surface area contributed by atoms with Crippen LogP contribution in [0.3, 0.4) is 0 Å². The van der Waals surface area contributed by atoms with Gasteiger partial charge in [0.2, 0.25) is 0 Å². The maximum Gasteiger partial charge on any atom is 0.137 e. The van der Waals surface area contributed by atoms with Crippen molar-refractivity contribution in [1.29, 1.82) is 0 Å². The first-order chi connectivity index (χ1) is 7.62. The highest BCUT2D eigenvalue weighted by Crippen LogP contribution is 2.14. The summed E-state index contributed by atoms with van der Waals surface area (Å²) < 4.78 is 19.7. The summed E-state index contributed by atoms with van der Waals surface area (Å²) in [7, 11) is -2.51. The maximum absolute atomic E-state index is 12.6. The third kappa shape index (κ3) is 3.21. The van der Waals surface area contributed by atoms with E-state index in [4.69, 9.17) is 5.73 Å². The summed E-state index contributed by atoms with van der Waals surface area (Å²) in [5, 5.41) is 0. The number of anilines is 1. The van der Waals surface area contributed by atoms with Gasteiger partial charge < -0.3 is 5.73 Å². The summed E-state index contributed by atoms with van der Waals surface area (Å²) >= 11 is 0. The van der Waals surface area contributed by atoms with E-state index in [-0.39, 0.29) is 0 Å². The smallest absolute Gasteiger partial charge is 0.137 e. The van der Waals surface area contributed by atoms with Gasteiger partial charge in [0.05, 0.1) is 4.90 Å². The van der Waals surface area contributed by atoms with Crippen molar-refractivity contribution in [1.82, 2.24) is 4.72 Å². The van der Waals surface area contributed by atoms with Crippen molar-refractivity contribution in [3.63, 3.8) is 0 Å². The molecule has 3 N–H and O–H groups in total. The number of nitrogens with zero attached hydrogens (tertiary/aromatic N) is 1. The summed E-state index contributed by atoms with van der Waals surface area (Å²) in [4.78, 5) is 0.655. The van der Waals surface area contributed by atoms with Crippen LogP contribution in [0.2, 0.25) is 0 Å². The van der Waals surface area contributed by atoms with E-state index in [1.807, 2.05) is 13.8 Å². The maximum atomic E-state index is 12.6. The SMILES string of the molecule is CCCN=S(=O)(NCC)c1cccc(N)c1. The lowest BCUT2D eigenvalue weighted by Gasteiger charge is -2.11. The van der Waals surface area contributed by atoms with Crippen molar-refractivity contribution < 1.29 is 4.21 Å². The number of hydrogen-bond acceptors (Lipinski definition) is 3. The normalized spacial score (nSPS) is 14.4. The molecule has 0 bridgehead atoms. The van der Waals surface area contributed by atoms with Gasteiger partial charge in [-0.05, 0) is 24.6 Å². The highest BCUT2D eigenvalue weighted by atomic mass is 32.2. The van der Waals surface area contributed by atoms with Crippen molar-refractivity contribution in [3.05, 3.63) is 24.3 Å². The Labute approximate surface area is 97.6 Å². The highest BCUT2D eigenvalue weighted by molar-refractivity contribution is 7.91. The Morgan fingerprint density at radius 1 is 1.44 bits per heavy atom. The minimum Gasteiger partial charge on any atom is -0.399 e. The molecule has 0 aromatic heterocycles. The van der Waals surface area contributed by atoms with Gasteiger partial charge in [0.15, 0.2) is 0 Å². The Hall–Kier alpha value is -1.07. The van der Waals surface area contributed by atoms with Crippen LogP contribution in [-0.4, -0.2) is 17.3 Å². The standard InChI is InChI=1S/C11H19N3OS/c1-3-8-14-16(15,13-4-2)11-7-5-6-10(12)9-11/h5-7,9H,3-4,8,12H2,1-2H3,(H,13,14,15). The van der Waals surface area contributed by atoms with Gasteiger partial charge in [-0.15, -0.1) is 0 Å². The molecule has 0 radical (unpaired) electrons. The average Bonchev–Trinajstić information content (AvgIpc) is 2.27. The molecule has 0 fully saturated rings. The number of nitrogens with one attached hydrogen (secondary N) is 1. The summed E-state index contributed by atoms with van der Waals surface area (Å²) in [6.45, 7) is 5.11. The summed E-state index contributed by atoms with van der Waals surface area (Å²) in [6.07, 6.45) is 0.880. The zero-order valence-corrected chi connectivity index (χ0v) is 10.6. The van der Waals surface area contributed by atoms with Crippen LogP contribution >= 0.6 is 0 Å². The van der Waals surface area contributed by atoms with E-state index in [9.17, 15) is 4.21 Å². The molecule has 0 aliphatic carbocycles. The molecule has 5 heteroatoms. The van der Waals surface area contributed by atoms with Crippen LogP contribution < -0.4 is 10.5 Å². The molecular formula is C11H19N3OS. The number of benzene rings is 1.